The first-order chi connectivity index (χ1) is 39.6. The number of unbranched alkanes of at least 4 members (excludes halogenated alkanes) is 29. The van der Waals surface area contributed by atoms with Gasteiger partial charge in [0, 0.05) is 6.42 Å². The topological polar surface area (TPSA) is 228 Å². The van der Waals surface area contributed by atoms with Crippen molar-refractivity contribution in [2.45, 2.75) is 325 Å². The maximum atomic E-state index is 13.3. The molecule has 81 heavy (non-hydrogen) atoms. The number of hydrogen-bond donors (Lipinski definition) is 9. The van der Waals surface area contributed by atoms with Crippen molar-refractivity contribution in [2.24, 2.45) is 0 Å². The molecule has 12 unspecified atom stereocenters. The second-order valence-electron chi connectivity index (χ2n) is 22.8. The highest BCUT2D eigenvalue weighted by molar-refractivity contribution is 5.76. The van der Waals surface area contributed by atoms with Gasteiger partial charge in [-0.15, -0.1) is 0 Å². The molecule has 2 saturated heterocycles. The van der Waals surface area contributed by atoms with Gasteiger partial charge < -0.3 is 65.1 Å². The molecule has 0 aromatic carbocycles. The van der Waals surface area contributed by atoms with E-state index in [0.717, 1.165) is 83.5 Å². The van der Waals surface area contributed by atoms with Crippen molar-refractivity contribution >= 4 is 5.91 Å². The molecule has 2 fully saturated rings. The number of aliphatic hydroxyl groups excluding tert-OH is 8. The fourth-order valence-corrected chi connectivity index (χ4v) is 10.4. The Bertz CT molecular complexity index is 1630. The quantitative estimate of drug-likeness (QED) is 0.0204. The Labute approximate surface area is 491 Å². The molecular weight excluding hydrogens is 1030 g/mol. The lowest BCUT2D eigenvalue weighted by molar-refractivity contribution is -0.359. The summed E-state index contributed by atoms with van der Waals surface area (Å²) in [5.41, 5.74) is 0. The molecule has 0 bridgehead atoms. The van der Waals surface area contributed by atoms with Crippen LogP contribution in [0.1, 0.15) is 251 Å². The Morgan fingerprint density at radius 3 is 1.36 bits per heavy atom. The van der Waals surface area contributed by atoms with Gasteiger partial charge in [0.15, 0.2) is 12.6 Å². The summed E-state index contributed by atoms with van der Waals surface area (Å²) in [6.45, 7) is 2.67. The summed E-state index contributed by atoms with van der Waals surface area (Å²) < 4.78 is 22.8. The van der Waals surface area contributed by atoms with Crippen molar-refractivity contribution < 1.29 is 64.6 Å². The second-order valence-corrected chi connectivity index (χ2v) is 22.8. The first-order valence-electron chi connectivity index (χ1n) is 32.7. The smallest absolute Gasteiger partial charge is 0.220 e. The monoisotopic (exact) mass is 1150 g/mol. The third-order valence-corrected chi connectivity index (χ3v) is 15.6. The highest BCUT2D eigenvalue weighted by Crippen LogP contribution is 2.30. The first-order valence-corrected chi connectivity index (χ1v) is 32.7. The number of amides is 1. The molecule has 12 atom stereocenters. The zero-order valence-corrected chi connectivity index (χ0v) is 50.8. The molecule has 0 saturated carbocycles. The van der Waals surface area contributed by atoms with E-state index in [0.29, 0.717) is 12.8 Å². The van der Waals surface area contributed by atoms with Crippen molar-refractivity contribution in [2.75, 3.05) is 19.8 Å². The predicted molar refractivity (Wildman–Crippen MR) is 327 cm³/mol. The normalized spacial score (nSPS) is 24.6. The number of aliphatic hydroxyl groups is 8. The second kappa shape index (κ2) is 51.8. The Morgan fingerprint density at radius 2 is 0.864 bits per heavy atom. The minimum Gasteiger partial charge on any atom is -0.394 e. The fourth-order valence-electron chi connectivity index (χ4n) is 10.4. The summed E-state index contributed by atoms with van der Waals surface area (Å²) in [7, 11) is 0. The molecule has 0 aliphatic carbocycles. The van der Waals surface area contributed by atoms with Crippen molar-refractivity contribution in [1.82, 2.24) is 5.32 Å². The third-order valence-electron chi connectivity index (χ3n) is 15.6. The van der Waals surface area contributed by atoms with E-state index in [2.05, 4.69) is 79.9 Å². The van der Waals surface area contributed by atoms with Gasteiger partial charge in [-0.3, -0.25) is 4.79 Å². The van der Waals surface area contributed by atoms with Crippen LogP contribution in [0.25, 0.3) is 0 Å². The zero-order chi connectivity index (χ0) is 58.8. The third kappa shape index (κ3) is 36.8. The van der Waals surface area contributed by atoms with Crippen LogP contribution >= 0.6 is 0 Å². The van der Waals surface area contributed by atoms with E-state index in [9.17, 15) is 45.6 Å². The molecular formula is C67H119NO13. The van der Waals surface area contributed by atoms with Crippen LogP contribution in [0.2, 0.25) is 0 Å². The van der Waals surface area contributed by atoms with Crippen molar-refractivity contribution in [3.63, 3.8) is 0 Å². The highest BCUT2D eigenvalue weighted by atomic mass is 16.7. The predicted octanol–water partition coefficient (Wildman–Crippen LogP) is 12.3. The Balaban J connectivity index is 1.72. The van der Waals surface area contributed by atoms with Gasteiger partial charge in [-0.25, -0.2) is 0 Å². The molecule has 0 aromatic rings. The summed E-state index contributed by atoms with van der Waals surface area (Å²) in [4.78, 5) is 13.3. The molecule has 14 nitrogen and oxygen atoms in total. The molecule has 2 aliphatic heterocycles. The van der Waals surface area contributed by atoms with Gasteiger partial charge in [0.2, 0.25) is 5.91 Å². The summed E-state index contributed by atoms with van der Waals surface area (Å²) in [6, 6.07) is -0.948. The number of hydrogen-bond acceptors (Lipinski definition) is 13. The van der Waals surface area contributed by atoms with Gasteiger partial charge in [-0.05, 0) is 77.0 Å². The molecule has 0 radical (unpaired) electrons. The summed E-state index contributed by atoms with van der Waals surface area (Å²) >= 11 is 0. The Morgan fingerprint density at radius 1 is 0.457 bits per heavy atom. The van der Waals surface area contributed by atoms with E-state index in [1.165, 1.54) is 135 Å². The highest BCUT2D eigenvalue weighted by Gasteiger charge is 2.51. The minimum atomic E-state index is -1.80. The molecule has 470 valence electrons. The maximum absolute atomic E-state index is 13.3. The number of nitrogens with one attached hydrogen (secondary N) is 1. The lowest BCUT2D eigenvalue weighted by Crippen LogP contribution is -2.65. The van der Waals surface area contributed by atoms with Crippen LogP contribution in [0.5, 0.6) is 0 Å². The molecule has 9 N–H and O–H groups in total. The SMILES string of the molecule is CC/C=C\C/C=C\C/C=C\CCCCCCCCCC(=O)NC(COC1OC(CO)C(OC2OC(CO)C(O)C(O)C2O)C(O)C1O)C(O)/C=C/CC/C=C/CC/C=C/CCCCCCCCCCCCCCCCCCCCCC. The number of allylic oxidation sites excluding steroid dienone is 11. The van der Waals surface area contributed by atoms with Gasteiger partial charge in [0.05, 0.1) is 32.0 Å². The van der Waals surface area contributed by atoms with Crippen LogP contribution in [0, 0.1) is 0 Å². The van der Waals surface area contributed by atoms with Gasteiger partial charge in [0.1, 0.15) is 48.8 Å². The molecule has 1 amide bonds. The van der Waals surface area contributed by atoms with Gasteiger partial charge in [0.25, 0.3) is 0 Å². The number of ether oxygens (including phenoxy) is 4. The van der Waals surface area contributed by atoms with Gasteiger partial charge in [-0.1, -0.05) is 241 Å². The van der Waals surface area contributed by atoms with Crippen LogP contribution in [0.3, 0.4) is 0 Å². The molecule has 2 aliphatic rings. The Kier molecular flexibility index (Phi) is 47.7. The van der Waals surface area contributed by atoms with Crippen LogP contribution in [0.4, 0.5) is 0 Å². The van der Waals surface area contributed by atoms with Crippen LogP contribution < -0.4 is 5.32 Å². The van der Waals surface area contributed by atoms with E-state index in [4.69, 9.17) is 18.9 Å². The summed E-state index contributed by atoms with van der Waals surface area (Å²) in [5.74, 6) is -0.265. The van der Waals surface area contributed by atoms with Crippen LogP contribution in [-0.2, 0) is 23.7 Å². The van der Waals surface area contributed by atoms with Crippen LogP contribution in [-0.4, -0.2) is 140 Å². The number of rotatable bonds is 52. The average Bonchev–Trinajstić information content (AvgIpc) is 3.47. The Hall–Kier alpha value is -2.57. The maximum Gasteiger partial charge on any atom is 0.220 e. The minimum absolute atomic E-state index is 0.255. The molecule has 2 rings (SSSR count). The lowest BCUT2D eigenvalue weighted by Gasteiger charge is -2.46. The summed E-state index contributed by atoms with van der Waals surface area (Å²) in [5, 5.41) is 87.2. The van der Waals surface area contributed by atoms with E-state index in [1.807, 2.05) is 6.08 Å². The lowest BCUT2D eigenvalue weighted by atomic mass is 9.97. The van der Waals surface area contributed by atoms with E-state index >= 15 is 0 Å². The number of carbonyl (C=O) groups is 1. The molecule has 0 spiro atoms. The van der Waals surface area contributed by atoms with Gasteiger partial charge in [-0.2, -0.15) is 0 Å². The standard InChI is InChI=1S/C67H119NO13/c1-3-5-7-9-11-13-15-17-19-21-22-23-24-25-26-27-28-29-30-31-32-33-35-36-38-40-42-44-46-48-50-56(71)55(68-59(72)51-49-47-45-43-41-39-37-34-20-18-16-14-12-10-8-6-4-2)54-78-66-64(77)62(75)65(58(53-70)80-66)81-67-63(76)61(74)60(73)57(52-69)79-67/h6,8,12,14,18,20,33,35,40,42,48,50,55-58,60-67,69-71,73-77H,3-5,7,9-11,13,15-17,19,21-32,34,36-39,41,43-47,49,51-54H2,1-2H3,(H,68,72)/b8-6-,14-12-,20-18-,35-33+,42-40+,50-48+. The zero-order valence-electron chi connectivity index (χ0n) is 50.8. The van der Waals surface area contributed by atoms with Crippen molar-refractivity contribution in [3.8, 4) is 0 Å². The molecule has 14 heteroatoms. The van der Waals surface area contributed by atoms with Crippen molar-refractivity contribution in [1.29, 1.82) is 0 Å². The number of carbonyl (C=O) groups excluding carboxylic acids is 1. The summed E-state index contributed by atoms with van der Waals surface area (Å²) in [6.07, 6.45) is 52.5. The van der Waals surface area contributed by atoms with Crippen molar-refractivity contribution in [3.05, 3.63) is 72.9 Å². The van der Waals surface area contributed by atoms with E-state index in [1.54, 1.807) is 6.08 Å². The average molecular weight is 1150 g/mol. The molecule has 0 aromatic heterocycles. The van der Waals surface area contributed by atoms with Gasteiger partial charge >= 0.3 is 0 Å². The largest absolute Gasteiger partial charge is 0.394 e. The van der Waals surface area contributed by atoms with Crippen LogP contribution in [0.15, 0.2) is 72.9 Å². The fraction of sp³-hybridized carbons (Fsp3) is 0.806. The van der Waals surface area contributed by atoms with E-state index < -0.39 is 86.8 Å². The molecule has 2 heterocycles. The van der Waals surface area contributed by atoms with E-state index in [-0.39, 0.29) is 18.9 Å². The first kappa shape index (κ1) is 74.5.